The van der Waals surface area contributed by atoms with Crippen molar-refractivity contribution in [2.24, 2.45) is 5.92 Å². The molecule has 0 saturated carbocycles. The van der Waals surface area contributed by atoms with E-state index >= 15 is 0 Å². The third-order valence-electron chi connectivity index (χ3n) is 3.09. The quantitative estimate of drug-likeness (QED) is 0.671. The Labute approximate surface area is 124 Å². The lowest BCUT2D eigenvalue weighted by Crippen LogP contribution is -2.06. The fourth-order valence-electron chi connectivity index (χ4n) is 2.21. The standard InChI is InChI=1S/C17H18ClNO/c1-11(2)8-12-4-3-5-13(9-12)17(20)15-7-6-14(18)10-16(15)19/h3-7,9-11H,8,19H2,1-2H3. The van der Waals surface area contributed by atoms with Crippen molar-refractivity contribution >= 4 is 23.1 Å². The maximum Gasteiger partial charge on any atom is 0.195 e. The predicted octanol–water partition coefficient (Wildman–Crippen LogP) is 4.35. The van der Waals surface area contributed by atoms with Crippen molar-refractivity contribution in [2.75, 3.05) is 5.73 Å². The van der Waals surface area contributed by atoms with Gasteiger partial charge in [-0.3, -0.25) is 4.79 Å². The number of nitrogens with two attached hydrogens (primary N) is 1. The Morgan fingerprint density at radius 3 is 2.60 bits per heavy atom. The van der Waals surface area contributed by atoms with Crippen LogP contribution in [0.4, 0.5) is 5.69 Å². The molecule has 0 aliphatic rings. The lowest BCUT2D eigenvalue weighted by Gasteiger charge is -2.09. The summed E-state index contributed by atoms with van der Waals surface area (Å²) in [5.41, 5.74) is 8.61. The second-order valence-electron chi connectivity index (χ2n) is 5.36. The van der Waals surface area contributed by atoms with Crippen LogP contribution in [-0.4, -0.2) is 5.78 Å². The molecule has 2 aromatic carbocycles. The van der Waals surface area contributed by atoms with Crippen molar-refractivity contribution in [3.63, 3.8) is 0 Å². The van der Waals surface area contributed by atoms with Gasteiger partial charge < -0.3 is 5.73 Å². The number of carbonyl (C=O) groups excluding carboxylic acids is 1. The number of hydrogen-bond acceptors (Lipinski definition) is 2. The first-order valence-electron chi connectivity index (χ1n) is 6.66. The third-order valence-corrected chi connectivity index (χ3v) is 3.33. The smallest absolute Gasteiger partial charge is 0.195 e. The molecule has 0 amide bonds. The Balaban J connectivity index is 2.33. The van der Waals surface area contributed by atoms with E-state index in [1.54, 1.807) is 18.2 Å². The van der Waals surface area contributed by atoms with E-state index in [1.165, 1.54) is 5.56 Å². The van der Waals surface area contributed by atoms with Gasteiger partial charge in [0.25, 0.3) is 0 Å². The summed E-state index contributed by atoms with van der Waals surface area (Å²) in [5.74, 6) is 0.491. The Morgan fingerprint density at radius 1 is 1.20 bits per heavy atom. The van der Waals surface area contributed by atoms with E-state index in [4.69, 9.17) is 17.3 Å². The molecule has 0 aliphatic carbocycles. The monoisotopic (exact) mass is 287 g/mol. The summed E-state index contributed by atoms with van der Waals surface area (Å²) in [6.45, 7) is 4.32. The number of anilines is 1. The summed E-state index contributed by atoms with van der Waals surface area (Å²) in [6, 6.07) is 12.7. The molecule has 0 fully saturated rings. The van der Waals surface area contributed by atoms with Crippen LogP contribution in [0, 0.1) is 5.92 Å². The van der Waals surface area contributed by atoms with Crippen LogP contribution in [0.15, 0.2) is 42.5 Å². The summed E-state index contributed by atoms with van der Waals surface area (Å²) in [6.07, 6.45) is 0.956. The molecule has 0 atom stereocenters. The van der Waals surface area contributed by atoms with E-state index in [-0.39, 0.29) is 5.78 Å². The SMILES string of the molecule is CC(C)Cc1cccc(C(=O)c2ccc(Cl)cc2N)c1. The molecule has 0 aromatic heterocycles. The fraction of sp³-hybridized carbons (Fsp3) is 0.235. The molecular weight excluding hydrogens is 270 g/mol. The van der Waals surface area contributed by atoms with Crippen molar-refractivity contribution in [2.45, 2.75) is 20.3 Å². The summed E-state index contributed by atoms with van der Waals surface area (Å²) < 4.78 is 0. The van der Waals surface area contributed by atoms with E-state index in [0.29, 0.717) is 27.8 Å². The zero-order valence-corrected chi connectivity index (χ0v) is 12.4. The minimum absolute atomic E-state index is 0.0650. The molecule has 0 radical (unpaired) electrons. The number of nitrogen functional groups attached to an aromatic ring is 1. The Morgan fingerprint density at radius 2 is 1.95 bits per heavy atom. The molecular formula is C17H18ClNO. The van der Waals surface area contributed by atoms with Gasteiger partial charge in [-0.15, -0.1) is 0 Å². The summed E-state index contributed by atoms with van der Waals surface area (Å²) >= 11 is 5.86. The molecule has 2 rings (SSSR count). The van der Waals surface area contributed by atoms with Gasteiger partial charge in [-0.1, -0.05) is 43.6 Å². The molecule has 2 nitrogen and oxygen atoms in total. The predicted molar refractivity (Wildman–Crippen MR) is 84.3 cm³/mol. The van der Waals surface area contributed by atoms with Gasteiger partial charge in [0.05, 0.1) is 0 Å². The Kier molecular flexibility index (Phi) is 4.46. The molecule has 0 unspecified atom stereocenters. The zero-order chi connectivity index (χ0) is 14.7. The van der Waals surface area contributed by atoms with Crippen LogP contribution in [0.2, 0.25) is 5.02 Å². The fourth-order valence-corrected chi connectivity index (χ4v) is 2.39. The van der Waals surface area contributed by atoms with Crippen LogP contribution in [0.3, 0.4) is 0 Å². The first kappa shape index (κ1) is 14.6. The van der Waals surface area contributed by atoms with Gasteiger partial charge in [0, 0.05) is 21.8 Å². The highest BCUT2D eigenvalue weighted by Gasteiger charge is 2.13. The van der Waals surface area contributed by atoms with Crippen molar-refractivity contribution in [3.8, 4) is 0 Å². The van der Waals surface area contributed by atoms with Gasteiger partial charge in [0.15, 0.2) is 5.78 Å². The van der Waals surface area contributed by atoms with Gasteiger partial charge >= 0.3 is 0 Å². The normalized spacial score (nSPS) is 10.8. The van der Waals surface area contributed by atoms with Gasteiger partial charge in [-0.2, -0.15) is 0 Å². The van der Waals surface area contributed by atoms with Crippen LogP contribution in [0.25, 0.3) is 0 Å². The molecule has 0 spiro atoms. The number of carbonyl (C=O) groups is 1. The minimum atomic E-state index is -0.0650. The topological polar surface area (TPSA) is 43.1 Å². The molecule has 3 heteroatoms. The maximum atomic E-state index is 12.5. The van der Waals surface area contributed by atoms with Crippen LogP contribution in [-0.2, 0) is 6.42 Å². The number of benzene rings is 2. The van der Waals surface area contributed by atoms with Crippen LogP contribution in [0.1, 0.15) is 35.3 Å². The maximum absolute atomic E-state index is 12.5. The van der Waals surface area contributed by atoms with Crippen molar-refractivity contribution in [1.82, 2.24) is 0 Å². The number of hydrogen-bond donors (Lipinski definition) is 1. The lowest BCUT2D eigenvalue weighted by molar-refractivity contribution is 0.103. The van der Waals surface area contributed by atoms with E-state index < -0.39 is 0 Å². The molecule has 0 heterocycles. The first-order chi connectivity index (χ1) is 9.47. The average molecular weight is 288 g/mol. The largest absolute Gasteiger partial charge is 0.398 e. The van der Waals surface area contributed by atoms with Gasteiger partial charge in [-0.25, -0.2) is 0 Å². The molecule has 2 aromatic rings. The lowest BCUT2D eigenvalue weighted by atomic mass is 9.97. The summed E-state index contributed by atoms with van der Waals surface area (Å²) in [5, 5.41) is 0.535. The molecule has 0 saturated heterocycles. The van der Waals surface area contributed by atoms with Crippen molar-refractivity contribution in [1.29, 1.82) is 0 Å². The van der Waals surface area contributed by atoms with E-state index in [1.807, 2.05) is 24.3 Å². The average Bonchev–Trinajstić information content (AvgIpc) is 2.37. The minimum Gasteiger partial charge on any atom is -0.398 e. The van der Waals surface area contributed by atoms with Crippen molar-refractivity contribution in [3.05, 3.63) is 64.2 Å². The number of ketones is 1. The molecule has 0 aliphatic heterocycles. The second-order valence-corrected chi connectivity index (χ2v) is 5.80. The Hall–Kier alpha value is -1.80. The van der Waals surface area contributed by atoms with E-state index in [9.17, 15) is 4.79 Å². The molecule has 20 heavy (non-hydrogen) atoms. The number of halogens is 1. The van der Waals surface area contributed by atoms with Gasteiger partial charge in [0.2, 0.25) is 0 Å². The molecule has 2 N–H and O–H groups in total. The van der Waals surface area contributed by atoms with Crippen LogP contribution >= 0.6 is 11.6 Å². The van der Waals surface area contributed by atoms with Crippen LogP contribution in [0.5, 0.6) is 0 Å². The highest BCUT2D eigenvalue weighted by molar-refractivity contribution is 6.31. The van der Waals surface area contributed by atoms with Crippen LogP contribution < -0.4 is 5.73 Å². The van der Waals surface area contributed by atoms with E-state index in [0.717, 1.165) is 6.42 Å². The molecule has 104 valence electrons. The summed E-state index contributed by atoms with van der Waals surface area (Å²) in [4.78, 5) is 12.5. The summed E-state index contributed by atoms with van der Waals surface area (Å²) in [7, 11) is 0. The second kappa shape index (κ2) is 6.10. The highest BCUT2D eigenvalue weighted by atomic mass is 35.5. The highest BCUT2D eigenvalue weighted by Crippen LogP contribution is 2.22. The zero-order valence-electron chi connectivity index (χ0n) is 11.7. The van der Waals surface area contributed by atoms with Gasteiger partial charge in [-0.05, 0) is 42.2 Å². The van der Waals surface area contributed by atoms with E-state index in [2.05, 4.69) is 13.8 Å². The van der Waals surface area contributed by atoms with Crippen molar-refractivity contribution < 1.29 is 4.79 Å². The number of rotatable bonds is 4. The first-order valence-corrected chi connectivity index (χ1v) is 7.04. The Bertz CT molecular complexity index is 635. The third kappa shape index (κ3) is 3.40. The molecule has 0 bridgehead atoms. The van der Waals surface area contributed by atoms with Gasteiger partial charge in [0.1, 0.15) is 0 Å².